The van der Waals surface area contributed by atoms with Crippen molar-refractivity contribution >= 4 is 5.65 Å². The number of aryl methyl sites for hydroxylation is 1. The van der Waals surface area contributed by atoms with Gasteiger partial charge in [0.1, 0.15) is 11.4 Å². The normalized spacial score (nSPS) is 12.9. The lowest BCUT2D eigenvalue weighted by molar-refractivity contribution is 0.225. The zero-order valence-corrected chi connectivity index (χ0v) is 11.3. The first kappa shape index (κ1) is 12.9. The second kappa shape index (κ2) is 5.48. The first-order chi connectivity index (χ1) is 9.78. The second-order valence-corrected chi connectivity index (χ2v) is 4.81. The van der Waals surface area contributed by atoms with Crippen LogP contribution in [0.5, 0.6) is 0 Å². The molecule has 0 aliphatic heterocycles. The molecule has 1 unspecified atom stereocenters. The molecule has 3 rings (SSSR count). The van der Waals surface area contributed by atoms with Crippen LogP contribution in [-0.2, 0) is 6.54 Å². The van der Waals surface area contributed by atoms with Gasteiger partial charge in [0.05, 0.1) is 30.8 Å². The Balaban J connectivity index is 1.76. The van der Waals surface area contributed by atoms with E-state index in [0.717, 1.165) is 17.1 Å². The molecule has 3 aromatic rings. The van der Waals surface area contributed by atoms with Gasteiger partial charge in [-0.2, -0.15) is 0 Å². The first-order valence-electron chi connectivity index (χ1n) is 6.58. The summed E-state index contributed by atoms with van der Waals surface area (Å²) in [4.78, 5) is 4.38. The number of fused-ring (bicyclic) bond motifs is 1. The number of nitrogens with one attached hydrogen (secondary N) is 1. The van der Waals surface area contributed by atoms with Gasteiger partial charge in [-0.25, -0.2) is 4.98 Å². The van der Waals surface area contributed by atoms with Crippen LogP contribution in [0.1, 0.15) is 23.1 Å². The van der Waals surface area contributed by atoms with E-state index in [0.29, 0.717) is 6.54 Å². The fourth-order valence-electron chi connectivity index (χ4n) is 2.24. The quantitative estimate of drug-likeness (QED) is 0.745. The number of rotatable bonds is 5. The molecule has 1 atom stereocenters. The van der Waals surface area contributed by atoms with Gasteiger partial charge in [-0.1, -0.05) is 0 Å². The van der Waals surface area contributed by atoms with E-state index in [9.17, 15) is 5.11 Å². The Hall–Kier alpha value is -2.11. The third-order valence-corrected chi connectivity index (χ3v) is 3.34. The molecule has 0 aliphatic carbocycles. The molecule has 3 heterocycles. The highest BCUT2D eigenvalue weighted by molar-refractivity contribution is 5.42. The number of aromatic nitrogens is 2. The standard InChI is InChI=1S/C15H17N3O2/c1-11-4-5-18-12(9-17-15(18)7-11)8-16-13(10-19)14-3-2-6-20-14/h2-7,9,13,16,19H,8,10H2,1H3. The number of furan rings is 1. The van der Waals surface area contributed by atoms with Gasteiger partial charge in [0, 0.05) is 12.7 Å². The molecule has 0 saturated heterocycles. The maximum Gasteiger partial charge on any atom is 0.137 e. The van der Waals surface area contributed by atoms with Crippen molar-refractivity contribution in [2.45, 2.75) is 19.5 Å². The minimum atomic E-state index is -0.207. The Morgan fingerprint density at radius 3 is 3.10 bits per heavy atom. The van der Waals surface area contributed by atoms with Crippen molar-refractivity contribution in [3.8, 4) is 0 Å². The van der Waals surface area contributed by atoms with Gasteiger partial charge in [-0.3, -0.25) is 5.32 Å². The molecule has 0 saturated carbocycles. The summed E-state index contributed by atoms with van der Waals surface area (Å²) in [5.41, 5.74) is 3.16. The molecule has 5 nitrogen and oxygen atoms in total. The SMILES string of the molecule is Cc1ccn2c(CNC(CO)c3ccco3)cnc2c1. The molecule has 3 aromatic heterocycles. The van der Waals surface area contributed by atoms with Crippen molar-refractivity contribution < 1.29 is 9.52 Å². The van der Waals surface area contributed by atoms with E-state index in [-0.39, 0.29) is 12.6 Å². The molecule has 5 heteroatoms. The van der Waals surface area contributed by atoms with Crippen LogP contribution in [0.4, 0.5) is 0 Å². The van der Waals surface area contributed by atoms with E-state index < -0.39 is 0 Å². The summed E-state index contributed by atoms with van der Waals surface area (Å²) in [5, 5.41) is 12.7. The summed E-state index contributed by atoms with van der Waals surface area (Å²) < 4.78 is 7.35. The van der Waals surface area contributed by atoms with Crippen molar-refractivity contribution in [3.05, 3.63) is 59.9 Å². The summed E-state index contributed by atoms with van der Waals surface area (Å²) in [6.07, 6.45) is 5.46. The van der Waals surface area contributed by atoms with Gasteiger partial charge >= 0.3 is 0 Å². The van der Waals surface area contributed by atoms with Crippen LogP contribution < -0.4 is 5.32 Å². The third-order valence-electron chi connectivity index (χ3n) is 3.34. The Kier molecular flexibility index (Phi) is 3.54. The molecule has 104 valence electrons. The van der Waals surface area contributed by atoms with E-state index >= 15 is 0 Å². The van der Waals surface area contributed by atoms with Crippen LogP contribution in [0.15, 0.2) is 47.3 Å². The molecule has 0 bridgehead atoms. The summed E-state index contributed by atoms with van der Waals surface area (Å²) in [5.74, 6) is 0.733. The van der Waals surface area contributed by atoms with Gasteiger partial charge in [0.2, 0.25) is 0 Å². The van der Waals surface area contributed by atoms with Crippen molar-refractivity contribution in [2.24, 2.45) is 0 Å². The van der Waals surface area contributed by atoms with Gasteiger partial charge < -0.3 is 13.9 Å². The maximum atomic E-state index is 9.43. The molecule has 0 aromatic carbocycles. The second-order valence-electron chi connectivity index (χ2n) is 4.81. The Morgan fingerprint density at radius 2 is 2.35 bits per heavy atom. The average Bonchev–Trinajstić information content (AvgIpc) is 3.09. The number of hydrogen-bond donors (Lipinski definition) is 2. The zero-order valence-electron chi connectivity index (χ0n) is 11.3. The van der Waals surface area contributed by atoms with Crippen LogP contribution in [0.3, 0.4) is 0 Å². The Labute approximate surface area is 116 Å². The van der Waals surface area contributed by atoms with E-state index in [1.54, 1.807) is 6.26 Å². The molecule has 0 radical (unpaired) electrons. The van der Waals surface area contributed by atoms with Crippen molar-refractivity contribution in [1.29, 1.82) is 0 Å². The summed E-state index contributed by atoms with van der Waals surface area (Å²) >= 11 is 0. The molecule has 2 N–H and O–H groups in total. The van der Waals surface area contributed by atoms with Crippen LogP contribution in [-0.4, -0.2) is 21.1 Å². The lowest BCUT2D eigenvalue weighted by atomic mass is 10.2. The Bertz CT molecular complexity index is 688. The number of aliphatic hydroxyl groups is 1. The number of hydrogen-bond acceptors (Lipinski definition) is 4. The van der Waals surface area contributed by atoms with Gasteiger partial charge in [0.25, 0.3) is 0 Å². The molecule has 20 heavy (non-hydrogen) atoms. The number of nitrogens with zero attached hydrogens (tertiary/aromatic N) is 2. The van der Waals surface area contributed by atoms with E-state index in [1.165, 1.54) is 5.56 Å². The topological polar surface area (TPSA) is 62.7 Å². The highest BCUT2D eigenvalue weighted by atomic mass is 16.3. The van der Waals surface area contributed by atoms with Crippen molar-refractivity contribution in [2.75, 3.05) is 6.61 Å². The predicted molar refractivity (Wildman–Crippen MR) is 75.3 cm³/mol. The van der Waals surface area contributed by atoms with Crippen molar-refractivity contribution in [3.63, 3.8) is 0 Å². The highest BCUT2D eigenvalue weighted by Gasteiger charge is 2.13. The molecule has 0 aliphatic rings. The number of pyridine rings is 1. The van der Waals surface area contributed by atoms with E-state index in [4.69, 9.17) is 4.42 Å². The lowest BCUT2D eigenvalue weighted by Crippen LogP contribution is -2.24. The van der Waals surface area contributed by atoms with E-state index in [1.807, 2.05) is 48.0 Å². The van der Waals surface area contributed by atoms with Crippen LogP contribution in [0.2, 0.25) is 0 Å². The van der Waals surface area contributed by atoms with Crippen LogP contribution in [0, 0.1) is 6.92 Å². The van der Waals surface area contributed by atoms with Crippen LogP contribution in [0.25, 0.3) is 5.65 Å². The van der Waals surface area contributed by atoms with Crippen LogP contribution >= 0.6 is 0 Å². The fourth-order valence-corrected chi connectivity index (χ4v) is 2.24. The summed E-state index contributed by atoms with van der Waals surface area (Å²) in [7, 11) is 0. The third kappa shape index (κ3) is 2.45. The minimum Gasteiger partial charge on any atom is -0.468 e. The number of imidazole rings is 1. The monoisotopic (exact) mass is 271 g/mol. The molecular formula is C15H17N3O2. The lowest BCUT2D eigenvalue weighted by Gasteiger charge is -2.13. The largest absolute Gasteiger partial charge is 0.468 e. The molecular weight excluding hydrogens is 254 g/mol. The first-order valence-corrected chi connectivity index (χ1v) is 6.58. The molecule has 0 amide bonds. The Morgan fingerprint density at radius 1 is 1.45 bits per heavy atom. The zero-order chi connectivity index (χ0) is 13.9. The number of aliphatic hydroxyl groups excluding tert-OH is 1. The summed E-state index contributed by atoms with van der Waals surface area (Å²) in [6, 6.07) is 7.55. The summed E-state index contributed by atoms with van der Waals surface area (Å²) in [6.45, 7) is 2.64. The highest BCUT2D eigenvalue weighted by Crippen LogP contribution is 2.14. The van der Waals surface area contributed by atoms with Gasteiger partial charge in [-0.05, 0) is 36.8 Å². The minimum absolute atomic E-state index is 0.0106. The predicted octanol–water partition coefficient (Wildman–Crippen LogP) is 2.06. The average molecular weight is 271 g/mol. The van der Waals surface area contributed by atoms with Gasteiger partial charge in [0.15, 0.2) is 0 Å². The van der Waals surface area contributed by atoms with Crippen molar-refractivity contribution in [1.82, 2.24) is 14.7 Å². The molecule has 0 fully saturated rings. The van der Waals surface area contributed by atoms with Gasteiger partial charge in [-0.15, -0.1) is 0 Å². The molecule has 0 spiro atoms. The maximum absolute atomic E-state index is 9.43. The smallest absolute Gasteiger partial charge is 0.137 e. The fraction of sp³-hybridized carbons (Fsp3) is 0.267. The van der Waals surface area contributed by atoms with E-state index in [2.05, 4.69) is 10.3 Å².